The summed E-state index contributed by atoms with van der Waals surface area (Å²) in [6.45, 7) is 0. The summed E-state index contributed by atoms with van der Waals surface area (Å²) in [6.07, 6.45) is 4.95. The number of benzene rings is 3. The number of rotatable bonds is 2. The van der Waals surface area contributed by atoms with Crippen molar-refractivity contribution in [1.29, 1.82) is 0 Å². The number of ether oxygens (including phenoxy) is 1. The van der Waals surface area contributed by atoms with Gasteiger partial charge in [-0.1, -0.05) is 62.2 Å². The molecule has 1 aliphatic carbocycles. The molecule has 3 atom stereocenters. The molecule has 33 heavy (non-hydrogen) atoms. The van der Waals surface area contributed by atoms with Crippen LogP contribution in [0.5, 0.6) is 11.5 Å². The van der Waals surface area contributed by atoms with E-state index in [1.165, 1.54) is 11.1 Å². The number of phenolic OH excluding ortho intramolecular Hbond substituents is 1. The van der Waals surface area contributed by atoms with Gasteiger partial charge in [0.1, 0.15) is 11.5 Å². The Balaban J connectivity index is 1.48. The minimum atomic E-state index is -0.275. The lowest BCUT2D eigenvalue weighted by atomic mass is 9.77. The van der Waals surface area contributed by atoms with Crippen LogP contribution >= 0.6 is 31.9 Å². The van der Waals surface area contributed by atoms with E-state index in [-0.39, 0.29) is 23.9 Å². The van der Waals surface area contributed by atoms with Crippen molar-refractivity contribution in [3.05, 3.63) is 97.9 Å². The normalized spacial score (nSPS) is 24.5. The third-order valence-electron chi connectivity index (χ3n) is 6.70. The van der Waals surface area contributed by atoms with Crippen LogP contribution in [-0.4, -0.2) is 15.8 Å². The van der Waals surface area contributed by atoms with E-state index in [0.29, 0.717) is 0 Å². The highest BCUT2D eigenvalue weighted by molar-refractivity contribution is 9.10. The van der Waals surface area contributed by atoms with E-state index in [4.69, 9.17) is 9.84 Å². The predicted octanol–water partition coefficient (Wildman–Crippen LogP) is 7.60. The van der Waals surface area contributed by atoms with Crippen molar-refractivity contribution in [3.63, 3.8) is 0 Å². The molecule has 0 saturated heterocycles. The van der Waals surface area contributed by atoms with Crippen LogP contribution in [0.2, 0.25) is 0 Å². The number of phenols is 1. The maximum Gasteiger partial charge on any atom is 0.213 e. The van der Waals surface area contributed by atoms with Gasteiger partial charge >= 0.3 is 0 Å². The van der Waals surface area contributed by atoms with Crippen LogP contribution in [0, 0.1) is 5.92 Å². The highest BCUT2D eigenvalue weighted by Crippen LogP contribution is 2.53. The minimum absolute atomic E-state index is 0.117. The summed E-state index contributed by atoms with van der Waals surface area (Å²) in [6, 6.07) is 22.2. The van der Waals surface area contributed by atoms with Gasteiger partial charge in [-0.05, 0) is 67.3 Å². The molecule has 0 unspecified atom stereocenters. The summed E-state index contributed by atoms with van der Waals surface area (Å²) >= 11 is 7.18. The Morgan fingerprint density at radius 1 is 1.00 bits per heavy atom. The number of nitrogens with zero attached hydrogens (tertiary/aromatic N) is 2. The van der Waals surface area contributed by atoms with Crippen molar-refractivity contribution >= 4 is 43.6 Å². The molecule has 3 aromatic rings. The first-order valence-electron chi connectivity index (χ1n) is 11.2. The second kappa shape index (κ2) is 8.33. The Morgan fingerprint density at radius 3 is 2.64 bits per heavy atom. The molecule has 166 valence electrons. The average molecular weight is 566 g/mol. The maximum atomic E-state index is 10.4. The molecule has 1 N–H and O–H groups in total. The predicted molar refractivity (Wildman–Crippen MR) is 137 cm³/mol. The molecule has 1 saturated carbocycles. The Morgan fingerprint density at radius 2 is 1.79 bits per heavy atom. The topological polar surface area (TPSA) is 45.1 Å². The van der Waals surface area contributed by atoms with Gasteiger partial charge in [0.15, 0.2) is 0 Å². The van der Waals surface area contributed by atoms with Gasteiger partial charge in [0.25, 0.3) is 0 Å². The fourth-order valence-corrected chi connectivity index (χ4v) is 5.99. The Labute approximate surface area is 209 Å². The molecule has 3 aliphatic rings. The number of allylic oxidation sites excluding steroid dienone is 1. The van der Waals surface area contributed by atoms with Gasteiger partial charge in [-0.15, -0.1) is 0 Å². The molecule has 3 aromatic carbocycles. The zero-order valence-corrected chi connectivity index (χ0v) is 21.0. The fourth-order valence-electron chi connectivity index (χ4n) is 5.23. The second-order valence-corrected chi connectivity index (χ2v) is 10.6. The highest BCUT2D eigenvalue weighted by Gasteiger charge is 2.48. The standard InChI is InChI=1S/C27H22Br2N2O2/c28-19-9-11-23(32)18(14-19)13-17-7-4-8-21-25(17)30-31-26(21)22-15-20(29)10-12-24(22)33-27(31)16-5-2-1-3-6-16/h1-3,5-6,9-15,21,26-27,32H,4,7-8H2/b17-13+/t21-,26-,27-/m1/s1. The van der Waals surface area contributed by atoms with Crippen molar-refractivity contribution < 1.29 is 9.84 Å². The zero-order chi connectivity index (χ0) is 22.5. The SMILES string of the molecule is Oc1ccc(Br)cc1/C=C1\CCC[C@@H]2C1=NN1[C@@H](c3ccccc3)Oc3ccc(Br)cc3[C@@H]21. The third kappa shape index (κ3) is 3.69. The Hall–Kier alpha value is -2.57. The van der Waals surface area contributed by atoms with Crippen LogP contribution in [0.25, 0.3) is 6.08 Å². The van der Waals surface area contributed by atoms with Gasteiger partial charge in [0.05, 0.1) is 11.8 Å². The van der Waals surface area contributed by atoms with Crippen molar-refractivity contribution in [2.75, 3.05) is 0 Å². The number of hydrazone groups is 1. The van der Waals surface area contributed by atoms with Gasteiger partial charge in [-0.3, -0.25) is 0 Å². The second-order valence-electron chi connectivity index (χ2n) is 8.74. The van der Waals surface area contributed by atoms with Gasteiger partial charge in [0.2, 0.25) is 6.23 Å². The van der Waals surface area contributed by atoms with Gasteiger partial charge in [0, 0.05) is 31.6 Å². The Kier molecular flexibility index (Phi) is 5.30. The molecular weight excluding hydrogens is 544 g/mol. The molecule has 1 fully saturated rings. The number of aromatic hydroxyl groups is 1. The molecule has 2 aliphatic heterocycles. The van der Waals surface area contributed by atoms with Gasteiger partial charge in [-0.2, -0.15) is 5.10 Å². The molecule has 0 radical (unpaired) electrons. The summed E-state index contributed by atoms with van der Waals surface area (Å²) in [5.41, 5.74) is 5.38. The van der Waals surface area contributed by atoms with Crippen LogP contribution in [0.3, 0.4) is 0 Å². The summed E-state index contributed by atoms with van der Waals surface area (Å²) in [7, 11) is 0. The number of fused-ring (bicyclic) bond motifs is 5. The van der Waals surface area contributed by atoms with Crippen LogP contribution < -0.4 is 4.74 Å². The lowest BCUT2D eigenvalue weighted by molar-refractivity contribution is -0.0293. The first-order valence-corrected chi connectivity index (χ1v) is 12.7. The maximum absolute atomic E-state index is 10.4. The quantitative estimate of drug-likeness (QED) is 0.348. The third-order valence-corrected chi connectivity index (χ3v) is 7.69. The highest BCUT2D eigenvalue weighted by atomic mass is 79.9. The lowest BCUT2D eigenvalue weighted by Crippen LogP contribution is -2.36. The van der Waals surface area contributed by atoms with E-state index in [9.17, 15) is 5.11 Å². The van der Waals surface area contributed by atoms with Gasteiger partial charge < -0.3 is 9.84 Å². The monoisotopic (exact) mass is 564 g/mol. The van der Waals surface area contributed by atoms with Gasteiger partial charge in [-0.25, -0.2) is 5.01 Å². The summed E-state index contributed by atoms with van der Waals surface area (Å²) in [5, 5.41) is 17.8. The van der Waals surface area contributed by atoms with Crippen molar-refractivity contribution in [2.24, 2.45) is 11.0 Å². The van der Waals surface area contributed by atoms with Crippen molar-refractivity contribution in [3.8, 4) is 11.5 Å². The van der Waals surface area contributed by atoms with E-state index in [2.05, 4.69) is 67.2 Å². The molecule has 0 spiro atoms. The lowest BCUT2D eigenvalue weighted by Gasteiger charge is -2.40. The van der Waals surface area contributed by atoms with Crippen LogP contribution in [-0.2, 0) is 0 Å². The summed E-state index contributed by atoms with van der Waals surface area (Å²) in [5.74, 6) is 1.48. The molecule has 6 heteroatoms. The smallest absolute Gasteiger partial charge is 0.213 e. The van der Waals surface area contributed by atoms with E-state index in [1.54, 1.807) is 6.07 Å². The van der Waals surface area contributed by atoms with Crippen LogP contribution in [0.4, 0.5) is 0 Å². The molecule has 0 aromatic heterocycles. The molecule has 2 heterocycles. The van der Waals surface area contributed by atoms with Crippen LogP contribution in [0.15, 0.2) is 86.3 Å². The van der Waals surface area contributed by atoms with Crippen molar-refractivity contribution in [2.45, 2.75) is 31.5 Å². The van der Waals surface area contributed by atoms with E-state index in [1.807, 2.05) is 36.4 Å². The van der Waals surface area contributed by atoms with E-state index < -0.39 is 0 Å². The molecule has 4 nitrogen and oxygen atoms in total. The number of halogens is 2. The molecule has 0 bridgehead atoms. The van der Waals surface area contributed by atoms with E-state index >= 15 is 0 Å². The summed E-state index contributed by atoms with van der Waals surface area (Å²) < 4.78 is 8.50. The van der Waals surface area contributed by atoms with Crippen LogP contribution in [0.1, 0.15) is 48.2 Å². The first-order chi connectivity index (χ1) is 16.1. The first kappa shape index (κ1) is 21.0. The van der Waals surface area contributed by atoms with E-state index in [0.717, 1.165) is 50.8 Å². The molecule has 6 rings (SSSR count). The number of hydrogen-bond donors (Lipinski definition) is 1. The largest absolute Gasteiger partial charge is 0.507 e. The summed E-state index contributed by atoms with van der Waals surface area (Å²) in [4.78, 5) is 0. The fraction of sp³-hybridized carbons (Fsp3) is 0.222. The minimum Gasteiger partial charge on any atom is -0.507 e. The molecular formula is C27H22Br2N2O2. The zero-order valence-electron chi connectivity index (χ0n) is 17.8. The average Bonchev–Trinajstić information content (AvgIpc) is 3.22. The van der Waals surface area contributed by atoms with Crippen molar-refractivity contribution in [1.82, 2.24) is 5.01 Å². The number of hydrogen-bond acceptors (Lipinski definition) is 4. The Bertz CT molecular complexity index is 1290. The molecule has 0 amide bonds.